The number of carbonyl (C=O) groups excluding carboxylic acids is 2. The molecule has 226 valence electrons. The third-order valence-corrected chi connectivity index (χ3v) is 8.83. The number of nitrogens with zero attached hydrogens (tertiary/aromatic N) is 2. The Bertz CT molecular complexity index is 1270. The molecule has 0 spiro atoms. The minimum atomic E-state index is -0.0177. The van der Waals surface area contributed by atoms with Gasteiger partial charge in [-0.05, 0) is 42.4 Å². The predicted molar refractivity (Wildman–Crippen MR) is 176 cm³/mol. The summed E-state index contributed by atoms with van der Waals surface area (Å²) in [6, 6.07) is 16.8. The van der Waals surface area contributed by atoms with Gasteiger partial charge < -0.3 is 9.80 Å². The van der Waals surface area contributed by atoms with Gasteiger partial charge in [-0.3, -0.25) is 9.59 Å². The number of amides is 2. The molecule has 0 atom stereocenters. The summed E-state index contributed by atoms with van der Waals surface area (Å²) in [6.07, 6.45) is 13.9. The normalized spacial score (nSPS) is 15.2. The summed E-state index contributed by atoms with van der Waals surface area (Å²) in [6.45, 7) is 12.2. The lowest BCUT2D eigenvalue weighted by Gasteiger charge is -2.25. The lowest BCUT2D eigenvalue weighted by atomic mass is 9.98. The van der Waals surface area contributed by atoms with Crippen LogP contribution in [0.3, 0.4) is 0 Å². The van der Waals surface area contributed by atoms with Crippen LogP contribution in [-0.2, 0) is 9.59 Å². The van der Waals surface area contributed by atoms with E-state index in [0.29, 0.717) is 30.2 Å². The molecule has 0 fully saturated rings. The van der Waals surface area contributed by atoms with Gasteiger partial charge in [-0.25, -0.2) is 0 Å². The number of fused-ring (bicyclic) bond motifs is 1. The van der Waals surface area contributed by atoms with Gasteiger partial charge >= 0.3 is 0 Å². The summed E-state index contributed by atoms with van der Waals surface area (Å²) in [4.78, 5) is 32.5. The predicted octanol–water partition coefficient (Wildman–Crippen LogP) is 9.65. The molecule has 2 amide bonds. The second kappa shape index (κ2) is 15.4. The Morgan fingerprint density at radius 3 is 1.33 bits per heavy atom. The monoisotopic (exact) mass is 568 g/mol. The molecule has 0 bridgehead atoms. The van der Waals surface area contributed by atoms with Gasteiger partial charge in [0.25, 0.3) is 11.8 Å². The van der Waals surface area contributed by atoms with Crippen molar-refractivity contribution in [2.45, 2.75) is 118 Å². The van der Waals surface area contributed by atoms with Crippen molar-refractivity contribution in [1.29, 1.82) is 0 Å². The molecule has 0 saturated heterocycles. The van der Waals surface area contributed by atoms with E-state index in [1.54, 1.807) is 0 Å². The third-order valence-electron chi connectivity index (χ3n) is 8.83. The van der Waals surface area contributed by atoms with Gasteiger partial charge in [0, 0.05) is 13.1 Å². The van der Waals surface area contributed by atoms with Gasteiger partial charge in [0.05, 0.1) is 22.5 Å². The average molecular weight is 569 g/mol. The first-order valence-corrected chi connectivity index (χ1v) is 16.7. The molecular weight excluding hydrogens is 516 g/mol. The molecule has 0 saturated carbocycles. The smallest absolute Gasteiger partial charge is 0.261 e. The molecule has 2 aliphatic rings. The molecule has 0 N–H and O–H groups in total. The molecule has 4 heteroatoms. The van der Waals surface area contributed by atoms with Crippen LogP contribution in [-0.4, -0.2) is 34.7 Å². The number of benzene rings is 2. The highest BCUT2D eigenvalue weighted by molar-refractivity contribution is 6.30. The maximum absolute atomic E-state index is 14.3. The molecule has 0 unspecified atom stereocenters. The molecule has 2 aromatic carbocycles. The van der Waals surface area contributed by atoms with Gasteiger partial charge in [-0.15, -0.1) is 0 Å². The number of aryl methyl sites for hydroxylation is 1. The fraction of sp³-hybridized carbons (Fsp3) is 0.526. The standard InChI is InChI=1S/C38H52N2O2/c1-6-8-10-12-14-16-26-39-35(31-20-18-29(5)19-21-31)33-34(38(39)42)36(32-24-22-30(23-25-32)28(3)4)40(37(33)41)27-17-15-13-11-9-7-2/h18-25,28H,6-17,26-27H2,1-5H3. The van der Waals surface area contributed by atoms with Crippen molar-refractivity contribution in [2.24, 2.45) is 0 Å². The maximum Gasteiger partial charge on any atom is 0.261 e. The van der Waals surface area contributed by atoms with Gasteiger partial charge in [0.1, 0.15) is 0 Å². The first kappa shape index (κ1) is 31.8. The second-order valence-corrected chi connectivity index (χ2v) is 12.5. The van der Waals surface area contributed by atoms with E-state index in [9.17, 15) is 9.59 Å². The molecule has 2 aliphatic heterocycles. The summed E-state index contributed by atoms with van der Waals surface area (Å²) in [5, 5.41) is 0. The van der Waals surface area contributed by atoms with E-state index in [4.69, 9.17) is 0 Å². The van der Waals surface area contributed by atoms with Crippen LogP contribution >= 0.6 is 0 Å². The van der Waals surface area contributed by atoms with Crippen LogP contribution in [0.2, 0.25) is 0 Å². The minimum Gasteiger partial charge on any atom is -0.307 e. The quantitative estimate of drug-likeness (QED) is 0.178. The molecule has 0 aliphatic carbocycles. The largest absolute Gasteiger partial charge is 0.307 e. The van der Waals surface area contributed by atoms with Crippen LogP contribution in [0, 0.1) is 6.92 Å². The Morgan fingerprint density at radius 1 is 0.548 bits per heavy atom. The van der Waals surface area contributed by atoms with Crippen LogP contribution < -0.4 is 0 Å². The summed E-state index contributed by atoms with van der Waals surface area (Å²) < 4.78 is 0. The van der Waals surface area contributed by atoms with E-state index in [-0.39, 0.29) is 11.8 Å². The number of rotatable bonds is 17. The molecule has 42 heavy (non-hydrogen) atoms. The summed E-state index contributed by atoms with van der Waals surface area (Å²) >= 11 is 0. The molecule has 4 nitrogen and oxygen atoms in total. The number of carbonyl (C=O) groups is 2. The fourth-order valence-electron chi connectivity index (χ4n) is 6.26. The summed E-state index contributed by atoms with van der Waals surface area (Å²) in [5.41, 5.74) is 7.15. The Kier molecular flexibility index (Phi) is 11.6. The van der Waals surface area contributed by atoms with Crippen LogP contribution in [0.4, 0.5) is 0 Å². The molecule has 2 aromatic rings. The van der Waals surface area contributed by atoms with Crippen LogP contribution in [0.1, 0.15) is 133 Å². The van der Waals surface area contributed by atoms with Gasteiger partial charge in [-0.1, -0.05) is 146 Å². The minimum absolute atomic E-state index is 0.0177. The van der Waals surface area contributed by atoms with Crippen molar-refractivity contribution in [3.63, 3.8) is 0 Å². The van der Waals surface area contributed by atoms with Crippen LogP contribution in [0.25, 0.3) is 11.4 Å². The third kappa shape index (κ3) is 7.25. The van der Waals surface area contributed by atoms with Gasteiger partial charge in [-0.2, -0.15) is 0 Å². The highest BCUT2D eigenvalue weighted by atomic mass is 16.2. The van der Waals surface area contributed by atoms with Gasteiger partial charge in [0.2, 0.25) is 0 Å². The Morgan fingerprint density at radius 2 is 0.929 bits per heavy atom. The molecule has 4 rings (SSSR count). The molecule has 2 heterocycles. The van der Waals surface area contributed by atoms with Crippen LogP contribution in [0.5, 0.6) is 0 Å². The first-order valence-electron chi connectivity index (χ1n) is 16.7. The number of hydrogen-bond acceptors (Lipinski definition) is 2. The zero-order chi connectivity index (χ0) is 30.1. The fourth-order valence-corrected chi connectivity index (χ4v) is 6.26. The van der Waals surface area contributed by atoms with Crippen molar-refractivity contribution in [3.05, 3.63) is 81.9 Å². The van der Waals surface area contributed by atoms with E-state index in [0.717, 1.165) is 48.2 Å². The first-order chi connectivity index (χ1) is 20.4. The zero-order valence-electron chi connectivity index (χ0n) is 26.8. The molecule has 0 aromatic heterocycles. The van der Waals surface area contributed by atoms with Crippen molar-refractivity contribution < 1.29 is 9.59 Å². The van der Waals surface area contributed by atoms with E-state index >= 15 is 0 Å². The second-order valence-electron chi connectivity index (χ2n) is 12.5. The Labute approximate surface area is 254 Å². The molecular formula is C38H52N2O2. The number of unbranched alkanes of at least 4 members (excludes halogenated alkanes) is 10. The van der Waals surface area contributed by atoms with Crippen molar-refractivity contribution in [3.8, 4) is 0 Å². The maximum atomic E-state index is 14.3. The number of hydrogen-bond donors (Lipinski definition) is 0. The van der Waals surface area contributed by atoms with Crippen molar-refractivity contribution >= 4 is 23.2 Å². The lowest BCUT2D eigenvalue weighted by molar-refractivity contribution is -0.124. The topological polar surface area (TPSA) is 40.6 Å². The lowest BCUT2D eigenvalue weighted by Crippen LogP contribution is -2.31. The SMILES string of the molecule is CCCCCCCCN1C(=O)C2=C(c3ccc(C(C)C)cc3)N(CCCCCCCC)C(=O)C2=C1c1ccc(C)cc1. The van der Waals surface area contributed by atoms with E-state index < -0.39 is 0 Å². The molecule has 0 radical (unpaired) electrons. The van der Waals surface area contributed by atoms with Crippen molar-refractivity contribution in [1.82, 2.24) is 9.80 Å². The average Bonchev–Trinajstić information content (AvgIpc) is 3.43. The van der Waals surface area contributed by atoms with Crippen LogP contribution in [0.15, 0.2) is 59.7 Å². The Hall–Kier alpha value is -3.14. The van der Waals surface area contributed by atoms with Crippen molar-refractivity contribution in [2.75, 3.05) is 13.1 Å². The van der Waals surface area contributed by atoms with E-state index in [1.807, 2.05) is 9.80 Å². The zero-order valence-corrected chi connectivity index (χ0v) is 26.8. The highest BCUT2D eigenvalue weighted by Crippen LogP contribution is 2.47. The summed E-state index contributed by atoms with van der Waals surface area (Å²) in [7, 11) is 0. The summed E-state index contributed by atoms with van der Waals surface area (Å²) in [5.74, 6) is 0.386. The van der Waals surface area contributed by atoms with E-state index in [1.165, 1.54) is 62.5 Å². The van der Waals surface area contributed by atoms with Gasteiger partial charge in [0.15, 0.2) is 0 Å². The van der Waals surface area contributed by atoms with E-state index in [2.05, 4.69) is 83.1 Å². The highest BCUT2D eigenvalue weighted by Gasteiger charge is 2.48. The Balaban J connectivity index is 1.73.